The zero-order valence-electron chi connectivity index (χ0n) is 14.0. The highest BCUT2D eigenvalue weighted by Gasteiger charge is 2.73. The van der Waals surface area contributed by atoms with Crippen LogP contribution in [-0.4, -0.2) is 25.0 Å². The Bertz CT molecular complexity index is 808. The molecule has 4 heterocycles. The van der Waals surface area contributed by atoms with Gasteiger partial charge in [0, 0.05) is 27.9 Å². The molecule has 2 aliphatic carbocycles. The van der Waals surface area contributed by atoms with Crippen molar-refractivity contribution in [3.05, 3.63) is 48.0 Å². The van der Waals surface area contributed by atoms with Gasteiger partial charge in [-0.25, -0.2) is 4.79 Å². The number of furan rings is 1. The highest BCUT2D eigenvalue weighted by Crippen LogP contribution is 2.71. The van der Waals surface area contributed by atoms with Crippen LogP contribution < -0.4 is 0 Å². The van der Waals surface area contributed by atoms with Gasteiger partial charge < -0.3 is 18.6 Å². The number of ether oxygens (including phenoxy) is 3. The number of fused-ring (bicyclic) bond motifs is 1. The van der Waals surface area contributed by atoms with Crippen molar-refractivity contribution in [1.82, 2.24) is 0 Å². The summed E-state index contributed by atoms with van der Waals surface area (Å²) >= 11 is 0. The van der Waals surface area contributed by atoms with Crippen molar-refractivity contribution in [2.24, 2.45) is 22.7 Å². The van der Waals surface area contributed by atoms with Crippen LogP contribution in [-0.2, 0) is 19.0 Å². The summed E-state index contributed by atoms with van der Waals surface area (Å²) in [5.74, 6) is 0.411. The first-order valence-corrected chi connectivity index (χ1v) is 9.04. The zero-order chi connectivity index (χ0) is 16.8. The first-order chi connectivity index (χ1) is 12.1. The molecule has 4 fully saturated rings. The molecule has 130 valence electrons. The molecule has 3 saturated heterocycles. The Morgan fingerprint density at radius 1 is 1.24 bits per heavy atom. The van der Waals surface area contributed by atoms with E-state index in [9.17, 15) is 4.79 Å². The molecule has 6 rings (SSSR count). The third kappa shape index (κ3) is 1.51. The lowest BCUT2D eigenvalue weighted by Crippen LogP contribution is -2.54. The van der Waals surface area contributed by atoms with E-state index in [1.165, 1.54) is 0 Å². The lowest BCUT2D eigenvalue weighted by molar-refractivity contribution is -0.149. The monoisotopic (exact) mass is 340 g/mol. The molecule has 2 bridgehead atoms. The molecule has 0 N–H and O–H groups in total. The van der Waals surface area contributed by atoms with Crippen LogP contribution in [0.2, 0.25) is 0 Å². The fourth-order valence-electron chi connectivity index (χ4n) is 6.20. The maximum absolute atomic E-state index is 12.3. The summed E-state index contributed by atoms with van der Waals surface area (Å²) in [5, 5.41) is 0. The molecule has 5 heteroatoms. The van der Waals surface area contributed by atoms with Gasteiger partial charge in [-0.1, -0.05) is 25.2 Å². The molecule has 1 aromatic rings. The minimum Gasteiger partial charge on any atom is -0.472 e. The number of hydrogen-bond acceptors (Lipinski definition) is 5. The molecular formula is C20H20O5. The molecular weight excluding hydrogens is 320 g/mol. The molecule has 5 aliphatic rings. The summed E-state index contributed by atoms with van der Waals surface area (Å²) in [5.41, 5.74) is 1.50. The van der Waals surface area contributed by atoms with Crippen molar-refractivity contribution in [1.29, 1.82) is 0 Å². The summed E-state index contributed by atoms with van der Waals surface area (Å²) in [6, 6.07) is 1.97. The smallest absolute Gasteiger partial charge is 0.334 e. The van der Waals surface area contributed by atoms with Crippen molar-refractivity contribution >= 4 is 5.97 Å². The average molecular weight is 340 g/mol. The van der Waals surface area contributed by atoms with Gasteiger partial charge in [0.15, 0.2) is 6.29 Å². The topological polar surface area (TPSA) is 57.9 Å². The molecule has 0 aromatic carbocycles. The summed E-state index contributed by atoms with van der Waals surface area (Å²) in [6.45, 7) is 2.74. The van der Waals surface area contributed by atoms with E-state index in [0.29, 0.717) is 12.5 Å². The number of rotatable bonds is 1. The highest BCUT2D eigenvalue weighted by molar-refractivity contribution is 5.93. The number of esters is 1. The molecule has 5 nitrogen and oxygen atoms in total. The quantitative estimate of drug-likeness (QED) is 0.735. The van der Waals surface area contributed by atoms with Crippen molar-refractivity contribution in [2.75, 3.05) is 6.61 Å². The van der Waals surface area contributed by atoms with E-state index in [2.05, 4.69) is 13.0 Å². The van der Waals surface area contributed by atoms with Gasteiger partial charge in [-0.05, 0) is 24.8 Å². The van der Waals surface area contributed by atoms with Crippen LogP contribution in [0.15, 0.2) is 46.8 Å². The van der Waals surface area contributed by atoms with E-state index in [1.54, 1.807) is 12.5 Å². The van der Waals surface area contributed by atoms with E-state index in [-0.39, 0.29) is 41.2 Å². The SMILES string of the molecule is C[C@@H]1[C@H]2C[C@@]34COC(=O)C3=CC=C[C@@H]4[C@@]13C[C@H](c1ccoc1)O[C@H]3O2. The molecule has 1 saturated carbocycles. The maximum Gasteiger partial charge on any atom is 0.334 e. The number of carbonyl (C=O) groups is 1. The second-order valence-corrected chi connectivity index (χ2v) is 8.17. The third-order valence-electron chi connectivity index (χ3n) is 7.41. The lowest BCUT2D eigenvalue weighted by atomic mass is 9.48. The van der Waals surface area contributed by atoms with Crippen LogP contribution in [0.3, 0.4) is 0 Å². The van der Waals surface area contributed by atoms with Gasteiger partial charge in [0.25, 0.3) is 0 Å². The Labute approximate surface area is 145 Å². The van der Waals surface area contributed by atoms with Gasteiger partial charge in [-0.2, -0.15) is 0 Å². The molecule has 25 heavy (non-hydrogen) atoms. The second-order valence-electron chi connectivity index (χ2n) is 8.17. The van der Waals surface area contributed by atoms with E-state index < -0.39 is 0 Å². The average Bonchev–Trinajstić information content (AvgIpc) is 3.34. The summed E-state index contributed by atoms with van der Waals surface area (Å²) < 4.78 is 23.5. The molecule has 1 aromatic heterocycles. The fourth-order valence-corrected chi connectivity index (χ4v) is 6.20. The Morgan fingerprint density at radius 2 is 2.16 bits per heavy atom. The summed E-state index contributed by atoms with van der Waals surface area (Å²) in [7, 11) is 0. The molecule has 3 aliphatic heterocycles. The van der Waals surface area contributed by atoms with E-state index in [1.807, 2.05) is 18.2 Å². The van der Waals surface area contributed by atoms with E-state index >= 15 is 0 Å². The minimum absolute atomic E-state index is 0.0249. The number of hydrogen-bond donors (Lipinski definition) is 0. The normalized spacial score (nSPS) is 49.4. The molecule has 0 amide bonds. The Hall–Kier alpha value is -1.85. The first-order valence-electron chi connectivity index (χ1n) is 9.04. The van der Waals surface area contributed by atoms with Gasteiger partial charge in [0.05, 0.1) is 24.7 Å². The standard InChI is InChI=1S/C20H20O5/c1-11-14-7-19-10-23-17(21)13(19)3-2-4-16(19)20(11)8-15(25-18(20)24-14)12-5-6-22-9-12/h2-6,9,11,14-16,18H,7-8,10H2,1H3/t11-,14-,15-,16+,18-,19-,20-/m1/s1. The van der Waals surface area contributed by atoms with Crippen LogP contribution in [0.1, 0.15) is 31.4 Å². The van der Waals surface area contributed by atoms with Crippen LogP contribution >= 0.6 is 0 Å². The predicted octanol–water partition coefficient (Wildman–Crippen LogP) is 3.15. The van der Waals surface area contributed by atoms with Gasteiger partial charge in [-0.3, -0.25) is 0 Å². The molecule has 0 unspecified atom stereocenters. The van der Waals surface area contributed by atoms with Gasteiger partial charge in [0.2, 0.25) is 0 Å². The minimum atomic E-state index is -0.258. The molecule has 2 spiro atoms. The highest BCUT2D eigenvalue weighted by atomic mass is 16.7. The Morgan fingerprint density at radius 3 is 3.00 bits per heavy atom. The summed E-state index contributed by atoms with van der Waals surface area (Å²) in [6.07, 6.45) is 11.2. The van der Waals surface area contributed by atoms with Crippen molar-refractivity contribution in [3.63, 3.8) is 0 Å². The predicted molar refractivity (Wildman–Crippen MR) is 86.1 cm³/mol. The van der Waals surface area contributed by atoms with E-state index in [0.717, 1.165) is 24.0 Å². The Kier molecular flexibility index (Phi) is 2.56. The second kappa shape index (κ2) is 4.46. The summed E-state index contributed by atoms with van der Waals surface area (Å²) in [4.78, 5) is 12.3. The van der Waals surface area contributed by atoms with Gasteiger partial charge in [-0.15, -0.1) is 0 Å². The molecule has 0 radical (unpaired) electrons. The van der Waals surface area contributed by atoms with E-state index in [4.69, 9.17) is 18.6 Å². The van der Waals surface area contributed by atoms with Crippen molar-refractivity contribution in [2.45, 2.75) is 38.3 Å². The lowest BCUT2D eigenvalue weighted by Gasteiger charge is -2.52. The Balaban J connectivity index is 1.48. The van der Waals surface area contributed by atoms with Crippen LogP contribution in [0.4, 0.5) is 0 Å². The third-order valence-corrected chi connectivity index (χ3v) is 7.41. The largest absolute Gasteiger partial charge is 0.472 e. The van der Waals surface area contributed by atoms with Crippen LogP contribution in [0.5, 0.6) is 0 Å². The number of allylic oxidation sites excluding steroid dienone is 3. The van der Waals surface area contributed by atoms with Gasteiger partial charge >= 0.3 is 5.97 Å². The molecule has 7 atom stereocenters. The zero-order valence-corrected chi connectivity index (χ0v) is 14.0. The van der Waals surface area contributed by atoms with Crippen molar-refractivity contribution in [3.8, 4) is 0 Å². The van der Waals surface area contributed by atoms with Crippen molar-refractivity contribution < 1.29 is 23.4 Å². The maximum atomic E-state index is 12.3. The fraction of sp³-hybridized carbons (Fsp3) is 0.550. The van der Waals surface area contributed by atoms with Crippen LogP contribution in [0.25, 0.3) is 0 Å². The number of carbonyl (C=O) groups excluding carboxylic acids is 1. The first kappa shape index (κ1) is 14.3. The number of cyclic esters (lactones) is 1. The van der Waals surface area contributed by atoms with Gasteiger partial charge in [0.1, 0.15) is 6.61 Å². The van der Waals surface area contributed by atoms with Crippen LogP contribution in [0, 0.1) is 22.7 Å².